The minimum absolute atomic E-state index is 0.270. The molecule has 0 bridgehead atoms. The first-order valence-corrected chi connectivity index (χ1v) is 8.30. The molecule has 134 valence electrons. The maximum Gasteiger partial charge on any atom is 0.351 e. The van der Waals surface area contributed by atoms with Crippen LogP contribution in [0, 0.1) is 0 Å². The van der Waals surface area contributed by atoms with Crippen LogP contribution < -0.4 is 4.74 Å². The third-order valence-electron chi connectivity index (χ3n) is 3.58. The van der Waals surface area contributed by atoms with Crippen LogP contribution in [0.5, 0.6) is 5.75 Å². The van der Waals surface area contributed by atoms with Crippen LogP contribution in [0.4, 0.5) is 0 Å². The van der Waals surface area contributed by atoms with Gasteiger partial charge in [0.2, 0.25) is 0 Å². The Labute approximate surface area is 148 Å². The second-order valence-electron chi connectivity index (χ2n) is 5.23. The lowest BCUT2D eigenvalue weighted by atomic mass is 10.1. The number of Topliss-reactive ketones (excluding diaryl/α,β-unsaturated/α-hetero) is 1. The van der Waals surface area contributed by atoms with Crippen molar-refractivity contribution in [3.63, 3.8) is 0 Å². The van der Waals surface area contributed by atoms with Gasteiger partial charge in [-0.1, -0.05) is 42.5 Å². The summed E-state index contributed by atoms with van der Waals surface area (Å²) in [4.78, 5) is 13.1. The Morgan fingerprint density at radius 2 is 1.52 bits per heavy atom. The monoisotopic (exact) mass is 344 g/mol. The first kappa shape index (κ1) is 19.1. The van der Waals surface area contributed by atoms with Crippen LogP contribution in [0.1, 0.15) is 29.8 Å². The highest BCUT2D eigenvalue weighted by Crippen LogP contribution is 2.27. The number of hydrogen-bond acceptors (Lipinski definition) is 5. The molecule has 0 heterocycles. The van der Waals surface area contributed by atoms with Crippen molar-refractivity contribution in [2.45, 2.75) is 26.4 Å². The van der Waals surface area contributed by atoms with Crippen LogP contribution in [-0.4, -0.2) is 32.1 Å². The van der Waals surface area contributed by atoms with Crippen molar-refractivity contribution in [3.05, 3.63) is 65.7 Å². The van der Waals surface area contributed by atoms with Gasteiger partial charge in [-0.05, 0) is 31.5 Å². The number of para-hydroxylation sites is 1. The molecule has 25 heavy (non-hydrogen) atoms. The molecular weight excluding hydrogens is 320 g/mol. The molecule has 0 aliphatic rings. The number of ketones is 1. The van der Waals surface area contributed by atoms with E-state index in [1.54, 1.807) is 32.0 Å². The third-order valence-corrected chi connectivity index (χ3v) is 3.58. The zero-order valence-corrected chi connectivity index (χ0v) is 14.9. The van der Waals surface area contributed by atoms with Gasteiger partial charge in [0.1, 0.15) is 12.4 Å². The number of hydrogen-bond donors (Lipinski definition) is 0. The van der Waals surface area contributed by atoms with E-state index in [9.17, 15) is 4.79 Å². The molecule has 5 nitrogen and oxygen atoms in total. The molecule has 0 atom stereocenters. The lowest BCUT2D eigenvalue weighted by Gasteiger charge is -2.29. The highest BCUT2D eigenvalue weighted by Gasteiger charge is 2.43. The molecule has 0 amide bonds. The Kier molecular flexibility index (Phi) is 7.13. The highest BCUT2D eigenvalue weighted by atomic mass is 16.9. The van der Waals surface area contributed by atoms with E-state index < -0.39 is 11.8 Å². The topological polar surface area (TPSA) is 54.0 Å². The molecule has 2 rings (SSSR count). The second kappa shape index (κ2) is 9.32. The fourth-order valence-corrected chi connectivity index (χ4v) is 2.44. The molecule has 0 fully saturated rings. The number of carbonyl (C=O) groups excluding carboxylic acids is 1. The molecule has 0 aliphatic carbocycles. The molecule has 0 N–H and O–H groups in total. The van der Waals surface area contributed by atoms with E-state index >= 15 is 0 Å². The summed E-state index contributed by atoms with van der Waals surface area (Å²) in [5, 5.41) is 0. The molecule has 0 saturated heterocycles. The van der Waals surface area contributed by atoms with E-state index in [0.29, 0.717) is 17.9 Å². The predicted molar refractivity (Wildman–Crippen MR) is 94.5 cm³/mol. The molecule has 0 saturated carbocycles. The first-order chi connectivity index (χ1) is 12.2. The average molecular weight is 344 g/mol. The lowest BCUT2D eigenvalue weighted by Crippen LogP contribution is -2.46. The van der Waals surface area contributed by atoms with Crippen LogP contribution in [0.2, 0.25) is 0 Å². The minimum atomic E-state index is -1.77. The zero-order chi connectivity index (χ0) is 18.1. The van der Waals surface area contributed by atoms with Crippen molar-refractivity contribution in [2.24, 2.45) is 0 Å². The summed E-state index contributed by atoms with van der Waals surface area (Å²) in [5.74, 6) is -1.74. The molecule has 0 radical (unpaired) electrons. The highest BCUT2D eigenvalue weighted by molar-refractivity contribution is 6.02. The van der Waals surface area contributed by atoms with Crippen molar-refractivity contribution in [3.8, 4) is 5.75 Å². The Bertz CT molecular complexity index is 663. The zero-order valence-electron chi connectivity index (χ0n) is 14.9. The van der Waals surface area contributed by atoms with Gasteiger partial charge in [-0.15, -0.1) is 0 Å². The molecule has 0 aliphatic heterocycles. The maximum absolute atomic E-state index is 13.1. The van der Waals surface area contributed by atoms with Gasteiger partial charge in [0.25, 0.3) is 5.78 Å². The van der Waals surface area contributed by atoms with Crippen molar-refractivity contribution in [1.29, 1.82) is 0 Å². The van der Waals surface area contributed by atoms with Crippen molar-refractivity contribution in [1.82, 2.24) is 0 Å². The Morgan fingerprint density at radius 3 is 2.12 bits per heavy atom. The van der Waals surface area contributed by atoms with Gasteiger partial charge in [-0.3, -0.25) is 4.79 Å². The molecule has 0 unspecified atom stereocenters. The van der Waals surface area contributed by atoms with Gasteiger partial charge >= 0.3 is 5.97 Å². The van der Waals surface area contributed by atoms with Crippen molar-refractivity contribution >= 4 is 5.78 Å². The van der Waals surface area contributed by atoms with E-state index in [-0.39, 0.29) is 13.2 Å². The molecular formula is C20H24O5. The summed E-state index contributed by atoms with van der Waals surface area (Å²) in [7, 11) is 1.39. The van der Waals surface area contributed by atoms with Crippen LogP contribution in [-0.2, 0) is 20.8 Å². The molecule has 0 spiro atoms. The van der Waals surface area contributed by atoms with E-state index in [1.807, 2.05) is 36.4 Å². The smallest absolute Gasteiger partial charge is 0.351 e. The third kappa shape index (κ3) is 4.66. The number of benzene rings is 2. The SMILES string of the molecule is CCOC(OC)(OCC)C(=O)c1ccccc1OCc1ccccc1. The fraction of sp³-hybridized carbons (Fsp3) is 0.350. The summed E-state index contributed by atoms with van der Waals surface area (Å²) in [5.41, 5.74) is 1.36. The van der Waals surface area contributed by atoms with Gasteiger partial charge in [-0.2, -0.15) is 0 Å². The van der Waals surface area contributed by atoms with E-state index in [0.717, 1.165) is 5.56 Å². The van der Waals surface area contributed by atoms with Crippen molar-refractivity contribution in [2.75, 3.05) is 20.3 Å². The Hall–Kier alpha value is -2.21. The van der Waals surface area contributed by atoms with Gasteiger partial charge in [-0.25, -0.2) is 0 Å². The predicted octanol–water partition coefficient (Wildman–Crippen LogP) is 3.82. The summed E-state index contributed by atoms with van der Waals surface area (Å²) < 4.78 is 22.2. The molecule has 2 aromatic rings. The lowest BCUT2D eigenvalue weighted by molar-refractivity contribution is -0.330. The Balaban J connectivity index is 2.27. The molecule has 0 aromatic heterocycles. The normalized spacial score (nSPS) is 11.3. The van der Waals surface area contributed by atoms with Crippen molar-refractivity contribution < 1.29 is 23.7 Å². The van der Waals surface area contributed by atoms with Gasteiger partial charge < -0.3 is 18.9 Å². The van der Waals surface area contributed by atoms with Crippen LogP contribution in [0.3, 0.4) is 0 Å². The molecule has 2 aromatic carbocycles. The van der Waals surface area contributed by atoms with Gasteiger partial charge in [0, 0.05) is 7.11 Å². The fourth-order valence-electron chi connectivity index (χ4n) is 2.44. The Morgan fingerprint density at radius 1 is 0.920 bits per heavy atom. The van der Waals surface area contributed by atoms with Crippen LogP contribution in [0.15, 0.2) is 54.6 Å². The summed E-state index contributed by atoms with van der Waals surface area (Å²) in [6.45, 7) is 4.45. The minimum Gasteiger partial charge on any atom is -0.488 e. The standard InChI is InChI=1S/C20H24O5/c1-4-24-20(22-3,25-5-2)19(21)17-13-9-10-14-18(17)23-15-16-11-7-6-8-12-16/h6-14H,4-5,15H2,1-3H3. The number of carbonyl (C=O) groups is 1. The summed E-state index contributed by atoms with van der Waals surface area (Å²) >= 11 is 0. The van der Waals surface area contributed by atoms with Gasteiger partial charge in [0.05, 0.1) is 18.8 Å². The summed E-state index contributed by atoms with van der Waals surface area (Å²) in [6.07, 6.45) is 0. The van der Waals surface area contributed by atoms with Crippen LogP contribution >= 0.6 is 0 Å². The van der Waals surface area contributed by atoms with Crippen LogP contribution in [0.25, 0.3) is 0 Å². The second-order valence-corrected chi connectivity index (χ2v) is 5.23. The van der Waals surface area contributed by atoms with E-state index in [1.165, 1.54) is 7.11 Å². The maximum atomic E-state index is 13.1. The largest absolute Gasteiger partial charge is 0.488 e. The number of methoxy groups -OCH3 is 1. The van der Waals surface area contributed by atoms with E-state index in [2.05, 4.69) is 0 Å². The van der Waals surface area contributed by atoms with E-state index in [4.69, 9.17) is 18.9 Å². The quantitative estimate of drug-likeness (QED) is 0.484. The number of rotatable bonds is 10. The molecule has 5 heteroatoms. The average Bonchev–Trinajstić information content (AvgIpc) is 2.66. The summed E-state index contributed by atoms with van der Waals surface area (Å²) in [6, 6.07) is 16.7. The number of ether oxygens (including phenoxy) is 4. The first-order valence-electron chi connectivity index (χ1n) is 8.30. The van der Waals surface area contributed by atoms with Gasteiger partial charge in [0.15, 0.2) is 0 Å².